The third kappa shape index (κ3) is 0.881. The Bertz CT molecular complexity index is 401. The summed E-state index contributed by atoms with van der Waals surface area (Å²) in [6.45, 7) is 2.02. The lowest BCUT2D eigenvalue weighted by molar-refractivity contribution is 0.412. The molecule has 0 spiro atoms. The number of rotatable bonds is 1. The molecular formula is C10H10O2. The first-order valence-electron chi connectivity index (χ1n) is 3.83. The van der Waals surface area contributed by atoms with E-state index in [0.717, 1.165) is 22.3 Å². The van der Waals surface area contributed by atoms with Gasteiger partial charge >= 0.3 is 0 Å². The van der Waals surface area contributed by atoms with E-state index in [0.29, 0.717) is 0 Å². The fourth-order valence-electron chi connectivity index (χ4n) is 1.39. The van der Waals surface area contributed by atoms with Crippen molar-refractivity contribution in [3.05, 3.63) is 30.0 Å². The minimum Gasteiger partial charge on any atom is -0.496 e. The molecule has 0 atom stereocenters. The number of benzene rings is 1. The van der Waals surface area contributed by atoms with E-state index in [9.17, 15) is 0 Å². The van der Waals surface area contributed by atoms with Gasteiger partial charge in [-0.05, 0) is 25.1 Å². The summed E-state index contributed by atoms with van der Waals surface area (Å²) in [7, 11) is 1.67. The highest BCUT2D eigenvalue weighted by atomic mass is 16.5. The van der Waals surface area contributed by atoms with Crippen molar-refractivity contribution in [2.75, 3.05) is 7.11 Å². The third-order valence-electron chi connectivity index (χ3n) is 2.07. The lowest BCUT2D eigenvalue weighted by atomic mass is 10.1. The molecule has 1 aromatic heterocycles. The Balaban J connectivity index is 2.78. The van der Waals surface area contributed by atoms with Gasteiger partial charge in [0.05, 0.1) is 13.4 Å². The Labute approximate surface area is 70.8 Å². The van der Waals surface area contributed by atoms with Gasteiger partial charge in [-0.25, -0.2) is 0 Å². The number of furan rings is 1. The van der Waals surface area contributed by atoms with Crippen LogP contribution in [-0.4, -0.2) is 7.11 Å². The highest BCUT2D eigenvalue weighted by molar-refractivity contribution is 5.82. The summed E-state index contributed by atoms with van der Waals surface area (Å²) in [4.78, 5) is 0. The molecule has 0 aliphatic heterocycles. The molecule has 0 aliphatic carbocycles. The van der Waals surface area contributed by atoms with Crippen LogP contribution >= 0.6 is 0 Å². The Morgan fingerprint density at radius 2 is 2.08 bits per heavy atom. The third-order valence-corrected chi connectivity index (χ3v) is 2.07. The SMILES string of the molecule is COc1ccc2occc2c1C. The summed E-state index contributed by atoms with van der Waals surface area (Å²) >= 11 is 0. The summed E-state index contributed by atoms with van der Waals surface area (Å²) in [5.74, 6) is 0.906. The number of fused-ring (bicyclic) bond motifs is 1. The maximum Gasteiger partial charge on any atom is 0.134 e. The van der Waals surface area contributed by atoms with E-state index in [4.69, 9.17) is 9.15 Å². The van der Waals surface area contributed by atoms with Crippen molar-refractivity contribution in [3.63, 3.8) is 0 Å². The smallest absolute Gasteiger partial charge is 0.134 e. The van der Waals surface area contributed by atoms with Crippen LogP contribution in [0.3, 0.4) is 0 Å². The molecular weight excluding hydrogens is 152 g/mol. The molecule has 0 amide bonds. The molecule has 2 nitrogen and oxygen atoms in total. The number of hydrogen-bond acceptors (Lipinski definition) is 2. The second kappa shape index (κ2) is 2.55. The van der Waals surface area contributed by atoms with E-state index in [1.807, 2.05) is 25.1 Å². The van der Waals surface area contributed by atoms with Crippen LogP contribution < -0.4 is 4.74 Å². The van der Waals surface area contributed by atoms with Gasteiger partial charge in [0, 0.05) is 10.9 Å². The van der Waals surface area contributed by atoms with E-state index in [1.54, 1.807) is 13.4 Å². The first-order chi connectivity index (χ1) is 5.83. The fourth-order valence-corrected chi connectivity index (χ4v) is 1.39. The van der Waals surface area contributed by atoms with E-state index in [-0.39, 0.29) is 0 Å². The van der Waals surface area contributed by atoms with E-state index in [2.05, 4.69) is 0 Å². The Morgan fingerprint density at radius 1 is 1.25 bits per heavy atom. The highest BCUT2D eigenvalue weighted by Gasteiger charge is 2.04. The van der Waals surface area contributed by atoms with Gasteiger partial charge in [-0.1, -0.05) is 0 Å². The monoisotopic (exact) mass is 162 g/mol. The summed E-state index contributed by atoms with van der Waals surface area (Å²) < 4.78 is 10.4. The van der Waals surface area contributed by atoms with Gasteiger partial charge in [0.15, 0.2) is 0 Å². The number of ether oxygens (including phenoxy) is 1. The largest absolute Gasteiger partial charge is 0.496 e. The molecule has 12 heavy (non-hydrogen) atoms. The van der Waals surface area contributed by atoms with Crippen LogP contribution in [-0.2, 0) is 0 Å². The molecule has 2 heteroatoms. The zero-order valence-corrected chi connectivity index (χ0v) is 7.13. The zero-order chi connectivity index (χ0) is 8.55. The van der Waals surface area contributed by atoms with Crippen LogP contribution in [0, 0.1) is 6.92 Å². The summed E-state index contributed by atoms with van der Waals surface area (Å²) in [5, 5.41) is 1.12. The summed E-state index contributed by atoms with van der Waals surface area (Å²) in [6.07, 6.45) is 1.69. The zero-order valence-electron chi connectivity index (χ0n) is 7.13. The number of methoxy groups -OCH3 is 1. The van der Waals surface area contributed by atoms with Crippen molar-refractivity contribution >= 4 is 11.0 Å². The van der Waals surface area contributed by atoms with Gasteiger partial charge in [-0.2, -0.15) is 0 Å². The first kappa shape index (κ1) is 7.22. The molecule has 0 radical (unpaired) electrons. The molecule has 62 valence electrons. The van der Waals surface area contributed by atoms with Crippen molar-refractivity contribution in [2.24, 2.45) is 0 Å². The van der Waals surface area contributed by atoms with Crippen LogP contribution in [0.5, 0.6) is 5.75 Å². The van der Waals surface area contributed by atoms with Crippen molar-refractivity contribution in [1.29, 1.82) is 0 Å². The second-order valence-corrected chi connectivity index (χ2v) is 2.73. The lowest BCUT2D eigenvalue weighted by Crippen LogP contribution is -1.85. The molecule has 0 unspecified atom stereocenters. The van der Waals surface area contributed by atoms with Crippen LogP contribution in [0.4, 0.5) is 0 Å². The number of hydrogen-bond donors (Lipinski definition) is 0. The summed E-state index contributed by atoms with van der Waals surface area (Å²) in [5.41, 5.74) is 2.04. The molecule has 1 heterocycles. The van der Waals surface area contributed by atoms with Crippen LogP contribution in [0.2, 0.25) is 0 Å². The van der Waals surface area contributed by atoms with Crippen LogP contribution in [0.1, 0.15) is 5.56 Å². The van der Waals surface area contributed by atoms with Crippen LogP contribution in [0.15, 0.2) is 28.9 Å². The molecule has 0 N–H and O–H groups in total. The fraction of sp³-hybridized carbons (Fsp3) is 0.200. The molecule has 1 aromatic carbocycles. The molecule has 2 aromatic rings. The minimum atomic E-state index is 0.906. The molecule has 0 saturated heterocycles. The maximum atomic E-state index is 5.24. The van der Waals surface area contributed by atoms with Gasteiger partial charge in [-0.3, -0.25) is 0 Å². The van der Waals surface area contributed by atoms with Crippen molar-refractivity contribution in [2.45, 2.75) is 6.92 Å². The molecule has 0 aliphatic rings. The van der Waals surface area contributed by atoms with E-state index in [1.165, 1.54) is 0 Å². The Morgan fingerprint density at radius 3 is 2.83 bits per heavy atom. The molecule has 0 bridgehead atoms. The minimum absolute atomic E-state index is 0.906. The van der Waals surface area contributed by atoms with Crippen molar-refractivity contribution in [1.82, 2.24) is 0 Å². The van der Waals surface area contributed by atoms with Gasteiger partial charge in [0.1, 0.15) is 11.3 Å². The van der Waals surface area contributed by atoms with Crippen LogP contribution in [0.25, 0.3) is 11.0 Å². The van der Waals surface area contributed by atoms with Gasteiger partial charge in [-0.15, -0.1) is 0 Å². The standard InChI is InChI=1S/C10H10O2/c1-7-8-5-6-12-10(8)4-3-9(7)11-2/h3-6H,1-2H3. The second-order valence-electron chi connectivity index (χ2n) is 2.73. The predicted octanol–water partition coefficient (Wildman–Crippen LogP) is 2.75. The lowest BCUT2D eigenvalue weighted by Gasteiger charge is -2.03. The molecule has 2 rings (SSSR count). The molecule has 0 fully saturated rings. The topological polar surface area (TPSA) is 22.4 Å². The maximum absolute atomic E-state index is 5.24. The van der Waals surface area contributed by atoms with Crippen molar-refractivity contribution < 1.29 is 9.15 Å². The normalized spacial score (nSPS) is 10.5. The van der Waals surface area contributed by atoms with Gasteiger partial charge in [0.25, 0.3) is 0 Å². The average Bonchev–Trinajstić information content (AvgIpc) is 2.53. The quantitative estimate of drug-likeness (QED) is 0.643. The molecule has 0 saturated carbocycles. The van der Waals surface area contributed by atoms with Gasteiger partial charge in [0.2, 0.25) is 0 Å². The predicted molar refractivity (Wildman–Crippen MR) is 47.5 cm³/mol. The number of aryl methyl sites for hydroxylation is 1. The van der Waals surface area contributed by atoms with Gasteiger partial charge < -0.3 is 9.15 Å². The Kier molecular flexibility index (Phi) is 1.54. The Hall–Kier alpha value is -1.44. The summed E-state index contributed by atoms with van der Waals surface area (Å²) in [6, 6.07) is 5.79. The van der Waals surface area contributed by atoms with E-state index >= 15 is 0 Å². The van der Waals surface area contributed by atoms with E-state index < -0.39 is 0 Å². The highest BCUT2D eigenvalue weighted by Crippen LogP contribution is 2.27. The first-order valence-corrected chi connectivity index (χ1v) is 3.83. The van der Waals surface area contributed by atoms with Crippen molar-refractivity contribution in [3.8, 4) is 5.75 Å². The average molecular weight is 162 g/mol.